The second-order valence-electron chi connectivity index (χ2n) is 4.29. The average Bonchev–Trinajstić information content (AvgIpc) is 2.38. The highest BCUT2D eigenvalue weighted by Gasteiger charge is 2.11. The molecule has 0 aliphatic rings. The lowest BCUT2D eigenvalue weighted by molar-refractivity contribution is 0.282. The zero-order chi connectivity index (χ0) is 13.1. The van der Waals surface area contributed by atoms with E-state index in [2.05, 4.69) is 31.2 Å². The van der Waals surface area contributed by atoms with Gasteiger partial charge in [-0.1, -0.05) is 35.4 Å². The van der Waals surface area contributed by atoms with Gasteiger partial charge < -0.3 is 10.0 Å². The van der Waals surface area contributed by atoms with Crippen LogP contribution in [0.2, 0.25) is 5.02 Å². The third-order valence-corrected chi connectivity index (χ3v) is 3.39. The molecule has 2 aromatic rings. The molecule has 0 fully saturated rings. The van der Waals surface area contributed by atoms with Crippen molar-refractivity contribution in [3.63, 3.8) is 0 Å². The lowest BCUT2D eigenvalue weighted by atomic mass is 10.1. The number of aryl methyl sites for hydroxylation is 1. The van der Waals surface area contributed by atoms with Gasteiger partial charge in [-0.25, -0.2) is 0 Å². The Morgan fingerprint density at radius 2 is 1.78 bits per heavy atom. The maximum atomic E-state index is 9.43. The fourth-order valence-corrected chi connectivity index (χ4v) is 2.15. The molecule has 0 unspecified atom stereocenters. The molecule has 0 saturated heterocycles. The summed E-state index contributed by atoms with van der Waals surface area (Å²) in [5.74, 6) is 0. The average molecular weight is 262 g/mol. The molecule has 3 heteroatoms. The summed E-state index contributed by atoms with van der Waals surface area (Å²) in [6, 6.07) is 13.9. The summed E-state index contributed by atoms with van der Waals surface area (Å²) in [5.41, 5.74) is 3.97. The second kappa shape index (κ2) is 5.42. The number of rotatable bonds is 3. The monoisotopic (exact) mass is 261 g/mol. The van der Waals surface area contributed by atoms with Crippen molar-refractivity contribution < 1.29 is 5.11 Å². The van der Waals surface area contributed by atoms with E-state index < -0.39 is 0 Å². The number of aliphatic hydroxyl groups excluding tert-OH is 1. The van der Waals surface area contributed by atoms with Gasteiger partial charge in [-0.2, -0.15) is 0 Å². The smallest absolute Gasteiger partial charge is 0.0716 e. The van der Waals surface area contributed by atoms with Crippen molar-refractivity contribution in [1.29, 1.82) is 0 Å². The van der Waals surface area contributed by atoms with Crippen LogP contribution in [0.3, 0.4) is 0 Å². The maximum absolute atomic E-state index is 9.43. The Balaban J connectivity index is 2.42. The van der Waals surface area contributed by atoms with Crippen LogP contribution in [0.25, 0.3) is 0 Å². The maximum Gasteiger partial charge on any atom is 0.0716 e. The molecule has 0 radical (unpaired) electrons. The summed E-state index contributed by atoms with van der Waals surface area (Å²) >= 11 is 6.10. The van der Waals surface area contributed by atoms with Crippen LogP contribution in [0.15, 0.2) is 42.5 Å². The number of aliphatic hydroxyl groups is 1. The highest BCUT2D eigenvalue weighted by molar-refractivity contribution is 6.31. The van der Waals surface area contributed by atoms with Gasteiger partial charge >= 0.3 is 0 Å². The van der Waals surface area contributed by atoms with Crippen molar-refractivity contribution in [2.75, 3.05) is 11.9 Å². The third-order valence-electron chi connectivity index (χ3n) is 3.03. The first-order valence-electron chi connectivity index (χ1n) is 5.82. The lowest BCUT2D eigenvalue weighted by Crippen LogP contribution is -2.12. The van der Waals surface area contributed by atoms with Crippen LogP contribution in [-0.2, 0) is 6.61 Å². The Bertz CT molecular complexity index is 537. The fourth-order valence-electron chi connectivity index (χ4n) is 1.93. The molecular weight excluding hydrogens is 246 g/mol. The van der Waals surface area contributed by atoms with E-state index >= 15 is 0 Å². The minimum Gasteiger partial charge on any atom is -0.392 e. The fraction of sp³-hybridized carbons (Fsp3) is 0.200. The minimum atomic E-state index is -0.0643. The predicted octanol–water partition coefficient (Wildman–Crippen LogP) is 3.91. The van der Waals surface area contributed by atoms with Gasteiger partial charge in [0.1, 0.15) is 0 Å². The molecule has 0 amide bonds. The number of anilines is 2. The van der Waals surface area contributed by atoms with E-state index in [0.29, 0.717) is 5.02 Å². The van der Waals surface area contributed by atoms with E-state index in [1.807, 2.05) is 24.1 Å². The molecule has 2 aromatic carbocycles. The molecule has 0 saturated carbocycles. The van der Waals surface area contributed by atoms with Crippen LogP contribution in [0.1, 0.15) is 11.1 Å². The third kappa shape index (κ3) is 2.50. The van der Waals surface area contributed by atoms with E-state index in [4.69, 9.17) is 11.6 Å². The van der Waals surface area contributed by atoms with Crippen molar-refractivity contribution in [3.05, 3.63) is 58.6 Å². The first-order valence-corrected chi connectivity index (χ1v) is 6.20. The highest BCUT2D eigenvalue weighted by Crippen LogP contribution is 2.31. The van der Waals surface area contributed by atoms with Crippen LogP contribution in [0, 0.1) is 6.92 Å². The largest absolute Gasteiger partial charge is 0.392 e. The van der Waals surface area contributed by atoms with Gasteiger partial charge in [-0.3, -0.25) is 0 Å². The SMILES string of the molecule is Cc1ccc(N(C)c2cccc(Cl)c2CO)cc1. The number of hydrogen-bond acceptors (Lipinski definition) is 2. The van der Waals surface area contributed by atoms with Crippen LogP contribution in [0.4, 0.5) is 11.4 Å². The van der Waals surface area contributed by atoms with Crippen molar-refractivity contribution in [2.45, 2.75) is 13.5 Å². The molecule has 2 nitrogen and oxygen atoms in total. The first kappa shape index (κ1) is 12.9. The molecule has 0 bridgehead atoms. The topological polar surface area (TPSA) is 23.5 Å². The quantitative estimate of drug-likeness (QED) is 0.906. The Morgan fingerprint density at radius 1 is 1.11 bits per heavy atom. The number of benzene rings is 2. The van der Waals surface area contributed by atoms with E-state index in [-0.39, 0.29) is 6.61 Å². The van der Waals surface area contributed by atoms with E-state index in [9.17, 15) is 5.11 Å². The molecule has 0 aromatic heterocycles. The van der Waals surface area contributed by atoms with Gasteiger partial charge in [0.25, 0.3) is 0 Å². The lowest BCUT2D eigenvalue weighted by Gasteiger charge is -2.22. The van der Waals surface area contributed by atoms with Gasteiger partial charge in [-0.05, 0) is 31.2 Å². The molecule has 0 spiro atoms. The summed E-state index contributed by atoms with van der Waals surface area (Å²) < 4.78 is 0. The normalized spacial score (nSPS) is 10.4. The summed E-state index contributed by atoms with van der Waals surface area (Å²) in [6.45, 7) is 1.99. The first-order chi connectivity index (χ1) is 8.63. The minimum absolute atomic E-state index is 0.0643. The molecular formula is C15H16ClNO. The Kier molecular flexibility index (Phi) is 3.90. The number of hydrogen-bond donors (Lipinski definition) is 1. The summed E-state index contributed by atoms with van der Waals surface area (Å²) in [4.78, 5) is 2.02. The molecule has 0 atom stereocenters. The van der Waals surface area contributed by atoms with E-state index in [1.54, 1.807) is 6.07 Å². The van der Waals surface area contributed by atoms with E-state index in [1.165, 1.54) is 5.56 Å². The van der Waals surface area contributed by atoms with Crippen molar-refractivity contribution in [1.82, 2.24) is 0 Å². The van der Waals surface area contributed by atoms with Gasteiger partial charge in [0.2, 0.25) is 0 Å². The van der Waals surface area contributed by atoms with Gasteiger partial charge in [-0.15, -0.1) is 0 Å². The number of halogens is 1. The van der Waals surface area contributed by atoms with Crippen LogP contribution in [0.5, 0.6) is 0 Å². The molecule has 18 heavy (non-hydrogen) atoms. The van der Waals surface area contributed by atoms with Crippen LogP contribution >= 0.6 is 11.6 Å². The van der Waals surface area contributed by atoms with Gasteiger partial charge in [0.15, 0.2) is 0 Å². The summed E-state index contributed by atoms with van der Waals surface area (Å²) in [5, 5.41) is 10.0. The predicted molar refractivity (Wildman–Crippen MR) is 76.6 cm³/mol. The van der Waals surface area contributed by atoms with Crippen molar-refractivity contribution in [2.24, 2.45) is 0 Å². The van der Waals surface area contributed by atoms with Gasteiger partial charge in [0, 0.05) is 29.0 Å². The Labute approximate surface area is 112 Å². The zero-order valence-corrected chi connectivity index (χ0v) is 11.3. The molecule has 2 rings (SSSR count). The van der Waals surface area contributed by atoms with Gasteiger partial charge in [0.05, 0.1) is 6.61 Å². The summed E-state index contributed by atoms with van der Waals surface area (Å²) in [6.07, 6.45) is 0. The van der Waals surface area contributed by atoms with Crippen LogP contribution in [-0.4, -0.2) is 12.2 Å². The Morgan fingerprint density at radius 3 is 2.39 bits per heavy atom. The molecule has 94 valence electrons. The highest BCUT2D eigenvalue weighted by atomic mass is 35.5. The van der Waals surface area contributed by atoms with E-state index in [0.717, 1.165) is 16.9 Å². The molecule has 1 N–H and O–H groups in total. The molecule has 0 aliphatic heterocycles. The molecule has 0 heterocycles. The molecule has 0 aliphatic carbocycles. The van der Waals surface area contributed by atoms with Crippen LogP contribution < -0.4 is 4.90 Å². The standard InChI is InChI=1S/C15H16ClNO/c1-11-6-8-12(9-7-11)17(2)15-5-3-4-14(16)13(15)10-18/h3-9,18H,10H2,1-2H3. The summed E-state index contributed by atoms with van der Waals surface area (Å²) in [7, 11) is 1.97. The second-order valence-corrected chi connectivity index (χ2v) is 4.70. The van der Waals surface area contributed by atoms with Crippen molar-refractivity contribution in [3.8, 4) is 0 Å². The zero-order valence-electron chi connectivity index (χ0n) is 10.5. The van der Waals surface area contributed by atoms with Crippen molar-refractivity contribution >= 4 is 23.0 Å². The Hall–Kier alpha value is -1.51. The number of nitrogens with zero attached hydrogens (tertiary/aromatic N) is 1.